The highest BCUT2D eigenvalue weighted by Crippen LogP contribution is 2.61. The van der Waals surface area contributed by atoms with E-state index in [2.05, 4.69) is 10.2 Å². The molecule has 8 nitrogen and oxygen atoms in total. The van der Waals surface area contributed by atoms with Crippen molar-refractivity contribution in [2.45, 2.75) is 50.8 Å². The molecule has 2 amide bonds. The van der Waals surface area contributed by atoms with Gasteiger partial charge >= 0.3 is 6.03 Å². The summed E-state index contributed by atoms with van der Waals surface area (Å²) in [7, 11) is 0. The molecule has 28 heavy (non-hydrogen) atoms. The number of amides is 2. The van der Waals surface area contributed by atoms with E-state index in [-0.39, 0.29) is 29.4 Å². The van der Waals surface area contributed by atoms with E-state index in [0.717, 1.165) is 24.8 Å². The number of hydroxylamine groups is 2. The number of rotatable bonds is 6. The molecule has 148 valence electrons. The second-order valence-corrected chi connectivity index (χ2v) is 8.23. The van der Waals surface area contributed by atoms with Gasteiger partial charge in [0.15, 0.2) is 0 Å². The number of nitrogens with two attached hydrogens (primary N) is 1. The van der Waals surface area contributed by atoms with Gasteiger partial charge in [-0.15, -0.1) is 10.2 Å². The van der Waals surface area contributed by atoms with Crippen LogP contribution in [-0.2, 0) is 11.4 Å². The van der Waals surface area contributed by atoms with Gasteiger partial charge < -0.3 is 15.1 Å². The summed E-state index contributed by atoms with van der Waals surface area (Å²) in [6, 6.07) is 9.70. The molecule has 2 aromatic rings. The molecular formula is C20H25N5O3. The summed E-state index contributed by atoms with van der Waals surface area (Å²) in [6.45, 7) is 3.43. The lowest BCUT2D eigenvalue weighted by Crippen LogP contribution is -2.42. The van der Waals surface area contributed by atoms with Crippen molar-refractivity contribution in [1.29, 1.82) is 0 Å². The molecule has 3 aliphatic rings. The first-order valence-electron chi connectivity index (χ1n) is 9.91. The van der Waals surface area contributed by atoms with E-state index >= 15 is 0 Å². The lowest BCUT2D eigenvalue weighted by molar-refractivity contribution is -0.153. The van der Waals surface area contributed by atoms with E-state index in [0.29, 0.717) is 31.5 Å². The van der Waals surface area contributed by atoms with Gasteiger partial charge in [-0.3, -0.25) is 4.84 Å². The van der Waals surface area contributed by atoms with Crippen LogP contribution in [0, 0.1) is 5.41 Å². The van der Waals surface area contributed by atoms with Gasteiger partial charge in [0.25, 0.3) is 0 Å². The zero-order valence-corrected chi connectivity index (χ0v) is 16.0. The first-order valence-corrected chi connectivity index (χ1v) is 9.91. The summed E-state index contributed by atoms with van der Waals surface area (Å²) >= 11 is 0. The van der Waals surface area contributed by atoms with Crippen molar-refractivity contribution in [3.05, 3.63) is 47.7 Å². The fourth-order valence-electron chi connectivity index (χ4n) is 4.40. The summed E-state index contributed by atoms with van der Waals surface area (Å²) in [5, 5.41) is 10.00. The molecule has 2 bridgehead atoms. The second kappa shape index (κ2) is 6.56. The molecule has 0 unspecified atom stereocenters. The summed E-state index contributed by atoms with van der Waals surface area (Å²) in [4.78, 5) is 20.9. The predicted molar refractivity (Wildman–Crippen MR) is 99.8 cm³/mol. The van der Waals surface area contributed by atoms with Crippen LogP contribution in [0.1, 0.15) is 55.5 Å². The van der Waals surface area contributed by atoms with Crippen molar-refractivity contribution in [1.82, 2.24) is 20.2 Å². The monoisotopic (exact) mass is 383 g/mol. The largest absolute Gasteiger partial charge is 0.423 e. The number of carbonyl (C=O) groups is 1. The van der Waals surface area contributed by atoms with E-state index in [1.807, 2.05) is 42.2 Å². The van der Waals surface area contributed by atoms with Crippen molar-refractivity contribution in [2.24, 2.45) is 11.1 Å². The van der Waals surface area contributed by atoms with Crippen LogP contribution >= 0.6 is 0 Å². The first kappa shape index (κ1) is 17.6. The molecule has 2 N–H and O–H groups in total. The molecule has 3 fully saturated rings. The lowest BCUT2D eigenvalue weighted by atomic mass is 9.85. The highest BCUT2D eigenvalue weighted by atomic mass is 16.7. The number of benzene rings is 1. The average molecular weight is 383 g/mol. The minimum Gasteiger partial charge on any atom is -0.423 e. The molecule has 1 spiro atoms. The van der Waals surface area contributed by atoms with Crippen molar-refractivity contribution in [3.8, 4) is 0 Å². The van der Waals surface area contributed by atoms with Crippen molar-refractivity contribution in [2.75, 3.05) is 13.1 Å². The fraction of sp³-hybridized carbons (Fsp3) is 0.550. The van der Waals surface area contributed by atoms with Crippen LogP contribution in [0.5, 0.6) is 0 Å². The summed E-state index contributed by atoms with van der Waals surface area (Å²) < 4.78 is 5.90. The third kappa shape index (κ3) is 2.79. The molecule has 3 heterocycles. The lowest BCUT2D eigenvalue weighted by Gasteiger charge is -2.35. The number of fused-ring (bicyclic) bond motifs is 3. The normalized spacial score (nSPS) is 26.1. The molecule has 1 aliphatic carbocycles. The van der Waals surface area contributed by atoms with Gasteiger partial charge in [0.1, 0.15) is 12.6 Å². The number of urea groups is 1. The molecule has 1 saturated carbocycles. The topological polar surface area (TPSA) is 97.7 Å². The number of aromatic nitrogens is 2. The first-order chi connectivity index (χ1) is 13.6. The zero-order valence-electron chi connectivity index (χ0n) is 16.0. The number of hydrogen-bond acceptors (Lipinski definition) is 6. The Labute approximate surface area is 163 Å². The molecular weight excluding hydrogens is 358 g/mol. The van der Waals surface area contributed by atoms with Gasteiger partial charge in [0.05, 0.1) is 6.04 Å². The maximum Gasteiger partial charge on any atom is 0.345 e. The summed E-state index contributed by atoms with van der Waals surface area (Å²) in [5.74, 6) is 1.05. The smallest absolute Gasteiger partial charge is 0.345 e. The highest BCUT2D eigenvalue weighted by molar-refractivity contribution is 5.77. The molecule has 2 aliphatic heterocycles. The van der Waals surface area contributed by atoms with Crippen LogP contribution in [0.4, 0.5) is 4.79 Å². The third-order valence-corrected chi connectivity index (χ3v) is 6.39. The summed E-state index contributed by atoms with van der Waals surface area (Å²) in [5.41, 5.74) is 6.85. The van der Waals surface area contributed by atoms with Crippen molar-refractivity contribution >= 4 is 6.03 Å². The molecule has 8 heteroatoms. The second-order valence-electron chi connectivity index (χ2n) is 8.23. The Hall–Kier alpha value is -2.45. The molecule has 1 aromatic heterocycles. The Morgan fingerprint density at radius 1 is 1.32 bits per heavy atom. The zero-order chi connectivity index (χ0) is 19.3. The highest BCUT2D eigenvalue weighted by Gasteiger charge is 2.64. The number of nitrogens with zero attached hydrogens (tertiary/aromatic N) is 4. The number of hydrogen-bond donors (Lipinski definition) is 1. The van der Waals surface area contributed by atoms with E-state index < -0.39 is 0 Å². The van der Waals surface area contributed by atoms with Crippen LogP contribution in [0.25, 0.3) is 0 Å². The van der Waals surface area contributed by atoms with Crippen LogP contribution in [0.3, 0.4) is 0 Å². The molecule has 1 aromatic carbocycles. The van der Waals surface area contributed by atoms with Crippen LogP contribution in [-0.4, -0.2) is 45.3 Å². The Morgan fingerprint density at radius 3 is 2.82 bits per heavy atom. The summed E-state index contributed by atoms with van der Waals surface area (Å²) in [6.07, 6.45) is 3.04. The SMILES string of the molecule is C[C@@H](CN)c1nnc([C@@H]2CC3(CC3)[C@@H]3CN2C(=O)N3OCc2ccccc2)o1. The number of carbonyl (C=O) groups excluding carboxylic acids is 1. The Bertz CT molecular complexity index is 866. The van der Waals surface area contributed by atoms with Gasteiger partial charge in [-0.1, -0.05) is 37.3 Å². The van der Waals surface area contributed by atoms with Gasteiger partial charge in [0.2, 0.25) is 11.8 Å². The van der Waals surface area contributed by atoms with Gasteiger partial charge in [-0.05, 0) is 30.2 Å². The minimum atomic E-state index is -0.192. The molecule has 2 saturated heterocycles. The molecule has 0 radical (unpaired) electrons. The third-order valence-electron chi connectivity index (χ3n) is 6.39. The van der Waals surface area contributed by atoms with Crippen molar-refractivity contribution in [3.63, 3.8) is 0 Å². The number of piperidine rings is 1. The van der Waals surface area contributed by atoms with Crippen LogP contribution in [0.2, 0.25) is 0 Å². The Balaban J connectivity index is 1.37. The quantitative estimate of drug-likeness (QED) is 0.823. The minimum absolute atomic E-state index is 0.00691. The van der Waals surface area contributed by atoms with E-state index in [1.54, 1.807) is 5.06 Å². The Morgan fingerprint density at radius 2 is 2.11 bits per heavy atom. The molecule has 3 atom stereocenters. The van der Waals surface area contributed by atoms with Gasteiger partial charge in [-0.2, -0.15) is 5.06 Å². The predicted octanol–water partition coefficient (Wildman–Crippen LogP) is 2.59. The standard InChI is InChI=1S/C20H25N5O3/c1-13(10-21)17-22-23-18(28-17)15-9-20(7-8-20)16-11-24(15)19(26)25(16)27-12-14-5-3-2-4-6-14/h2-6,13,15-16H,7-12,21H2,1H3/t13-,15-,16-/m0/s1. The van der Waals surface area contributed by atoms with E-state index in [9.17, 15) is 4.79 Å². The van der Waals surface area contributed by atoms with Crippen molar-refractivity contribution < 1.29 is 14.0 Å². The fourth-order valence-corrected chi connectivity index (χ4v) is 4.40. The maximum atomic E-state index is 13.1. The van der Waals surface area contributed by atoms with E-state index in [1.165, 1.54) is 0 Å². The maximum absolute atomic E-state index is 13.1. The van der Waals surface area contributed by atoms with Crippen LogP contribution < -0.4 is 5.73 Å². The van der Waals surface area contributed by atoms with Gasteiger partial charge in [0, 0.05) is 19.0 Å². The van der Waals surface area contributed by atoms with E-state index in [4.69, 9.17) is 15.0 Å². The molecule has 5 rings (SSSR count). The van der Waals surface area contributed by atoms with Crippen LogP contribution in [0.15, 0.2) is 34.7 Å². The average Bonchev–Trinajstić information content (AvgIpc) is 3.20. The van der Waals surface area contributed by atoms with Gasteiger partial charge in [-0.25, -0.2) is 4.79 Å². The Kier molecular flexibility index (Phi) is 4.13.